The van der Waals surface area contributed by atoms with E-state index in [1.54, 1.807) is 6.07 Å². The number of likely N-dealkylation sites (tertiary alicyclic amines) is 1. The molecule has 1 aromatic carbocycles. The van der Waals surface area contributed by atoms with Crippen molar-refractivity contribution in [1.82, 2.24) is 10.2 Å². The van der Waals surface area contributed by atoms with Crippen LogP contribution in [0.5, 0.6) is 0 Å². The summed E-state index contributed by atoms with van der Waals surface area (Å²) in [6.07, 6.45) is 7.74. The first-order chi connectivity index (χ1) is 9.81. The van der Waals surface area contributed by atoms with Gasteiger partial charge in [-0.05, 0) is 50.4 Å². The van der Waals surface area contributed by atoms with Gasteiger partial charge in [0, 0.05) is 24.7 Å². The van der Waals surface area contributed by atoms with Crippen molar-refractivity contribution >= 4 is 0 Å². The molecule has 0 amide bonds. The molecule has 1 aliphatic carbocycles. The lowest BCUT2D eigenvalue weighted by Gasteiger charge is -2.20. The van der Waals surface area contributed by atoms with Crippen molar-refractivity contribution in [1.29, 1.82) is 0 Å². The third kappa shape index (κ3) is 4.03. The van der Waals surface area contributed by atoms with Gasteiger partial charge in [-0.25, -0.2) is 4.39 Å². The van der Waals surface area contributed by atoms with Crippen molar-refractivity contribution in [2.24, 2.45) is 0 Å². The lowest BCUT2D eigenvalue weighted by Crippen LogP contribution is -2.24. The fourth-order valence-corrected chi connectivity index (χ4v) is 2.94. The molecular formula is C17H25FN2. The Labute approximate surface area is 121 Å². The first-order valence-electron chi connectivity index (χ1n) is 8.04. The first kappa shape index (κ1) is 14.0. The Hall–Kier alpha value is -0.930. The minimum atomic E-state index is -0.0515. The highest BCUT2D eigenvalue weighted by atomic mass is 19.1. The molecule has 0 bridgehead atoms. The molecule has 1 aliphatic heterocycles. The fraction of sp³-hybridized carbons (Fsp3) is 0.647. The van der Waals surface area contributed by atoms with E-state index in [1.165, 1.54) is 44.1 Å². The highest BCUT2D eigenvalue weighted by molar-refractivity contribution is 5.25. The van der Waals surface area contributed by atoms with E-state index in [0.29, 0.717) is 6.04 Å². The van der Waals surface area contributed by atoms with Crippen molar-refractivity contribution in [2.75, 3.05) is 13.1 Å². The summed E-state index contributed by atoms with van der Waals surface area (Å²) in [5.74, 6) is -0.0515. The minimum Gasteiger partial charge on any atom is -0.310 e. The SMILES string of the molecule is Fc1ccc(CNC2CC2)cc1CN1CCCCCC1. The molecule has 1 N–H and O–H groups in total. The summed E-state index contributed by atoms with van der Waals surface area (Å²) in [7, 11) is 0. The second kappa shape index (κ2) is 6.68. The van der Waals surface area contributed by atoms with Crippen molar-refractivity contribution in [2.45, 2.75) is 57.7 Å². The van der Waals surface area contributed by atoms with E-state index >= 15 is 0 Å². The highest BCUT2D eigenvalue weighted by Gasteiger charge is 2.20. The van der Waals surface area contributed by atoms with Crippen molar-refractivity contribution in [3.8, 4) is 0 Å². The number of nitrogens with one attached hydrogen (secondary N) is 1. The Bertz CT molecular complexity index is 435. The van der Waals surface area contributed by atoms with E-state index in [4.69, 9.17) is 0 Å². The quantitative estimate of drug-likeness (QED) is 0.886. The van der Waals surface area contributed by atoms with Gasteiger partial charge in [0.1, 0.15) is 5.82 Å². The molecule has 110 valence electrons. The van der Waals surface area contributed by atoms with Gasteiger partial charge in [0.05, 0.1) is 0 Å². The van der Waals surface area contributed by atoms with Gasteiger partial charge in [0.2, 0.25) is 0 Å². The van der Waals surface area contributed by atoms with Gasteiger partial charge in [-0.1, -0.05) is 25.0 Å². The van der Waals surface area contributed by atoms with Crippen LogP contribution in [0.2, 0.25) is 0 Å². The topological polar surface area (TPSA) is 15.3 Å². The summed E-state index contributed by atoms with van der Waals surface area (Å²) in [4.78, 5) is 2.41. The summed E-state index contributed by atoms with van der Waals surface area (Å²) in [5, 5.41) is 3.50. The van der Waals surface area contributed by atoms with Crippen LogP contribution in [0, 0.1) is 5.82 Å². The zero-order valence-corrected chi connectivity index (χ0v) is 12.2. The zero-order chi connectivity index (χ0) is 13.8. The maximum atomic E-state index is 14.0. The van der Waals surface area contributed by atoms with Crippen molar-refractivity contribution < 1.29 is 4.39 Å². The monoisotopic (exact) mass is 276 g/mol. The Morgan fingerprint density at radius 1 is 1.10 bits per heavy atom. The molecular weight excluding hydrogens is 251 g/mol. The number of rotatable bonds is 5. The molecule has 1 aromatic rings. The molecule has 0 aromatic heterocycles. The van der Waals surface area contributed by atoms with Gasteiger partial charge in [-0.15, -0.1) is 0 Å². The largest absolute Gasteiger partial charge is 0.310 e. The molecule has 1 saturated heterocycles. The van der Waals surface area contributed by atoms with Gasteiger partial charge >= 0.3 is 0 Å². The minimum absolute atomic E-state index is 0.0515. The summed E-state index contributed by atoms with van der Waals surface area (Å²) in [6, 6.07) is 6.30. The second-order valence-corrected chi connectivity index (χ2v) is 6.27. The van der Waals surface area contributed by atoms with Gasteiger partial charge in [0.25, 0.3) is 0 Å². The van der Waals surface area contributed by atoms with Crippen LogP contribution in [0.4, 0.5) is 4.39 Å². The van der Waals surface area contributed by atoms with Crippen LogP contribution in [0.25, 0.3) is 0 Å². The molecule has 2 nitrogen and oxygen atoms in total. The van der Waals surface area contributed by atoms with Crippen LogP contribution in [0.1, 0.15) is 49.7 Å². The third-order valence-corrected chi connectivity index (χ3v) is 4.37. The maximum absolute atomic E-state index is 14.0. The van der Waals surface area contributed by atoms with Crippen molar-refractivity contribution in [3.05, 3.63) is 35.1 Å². The molecule has 0 radical (unpaired) electrons. The number of hydrogen-bond acceptors (Lipinski definition) is 2. The average Bonchev–Trinajstić information content (AvgIpc) is 3.27. The van der Waals surface area contributed by atoms with E-state index in [0.717, 1.165) is 31.7 Å². The Balaban J connectivity index is 1.62. The van der Waals surface area contributed by atoms with Crippen LogP contribution in [-0.2, 0) is 13.1 Å². The van der Waals surface area contributed by atoms with E-state index < -0.39 is 0 Å². The van der Waals surface area contributed by atoms with Gasteiger partial charge in [-0.2, -0.15) is 0 Å². The molecule has 0 unspecified atom stereocenters. The predicted molar refractivity (Wildman–Crippen MR) is 80.0 cm³/mol. The average molecular weight is 276 g/mol. The van der Waals surface area contributed by atoms with E-state index in [9.17, 15) is 4.39 Å². The van der Waals surface area contributed by atoms with Crippen LogP contribution >= 0.6 is 0 Å². The maximum Gasteiger partial charge on any atom is 0.127 e. The zero-order valence-electron chi connectivity index (χ0n) is 12.2. The first-order valence-corrected chi connectivity index (χ1v) is 8.04. The smallest absolute Gasteiger partial charge is 0.127 e. The molecule has 3 rings (SSSR count). The van der Waals surface area contributed by atoms with Crippen LogP contribution in [0.15, 0.2) is 18.2 Å². The lowest BCUT2D eigenvalue weighted by molar-refractivity contribution is 0.273. The van der Waals surface area contributed by atoms with Crippen LogP contribution < -0.4 is 5.32 Å². The standard InChI is InChI=1S/C17H25FN2/c18-17-8-5-14(12-19-16-6-7-16)11-15(17)13-20-9-3-1-2-4-10-20/h5,8,11,16,19H,1-4,6-7,9-10,12-13H2. The molecule has 1 heterocycles. The summed E-state index contributed by atoms with van der Waals surface area (Å²) in [5.41, 5.74) is 2.07. The molecule has 20 heavy (non-hydrogen) atoms. The highest BCUT2D eigenvalue weighted by Crippen LogP contribution is 2.20. The summed E-state index contributed by atoms with van der Waals surface area (Å²) < 4.78 is 14.0. The molecule has 0 atom stereocenters. The summed E-state index contributed by atoms with van der Waals surface area (Å²) >= 11 is 0. The predicted octanol–water partition coefficient (Wildman–Crippen LogP) is 3.45. The van der Waals surface area contributed by atoms with Gasteiger partial charge in [-0.3, -0.25) is 4.90 Å². The second-order valence-electron chi connectivity index (χ2n) is 6.27. The molecule has 3 heteroatoms. The van der Waals surface area contributed by atoms with Gasteiger partial charge < -0.3 is 5.32 Å². The molecule has 1 saturated carbocycles. The number of halogens is 1. The third-order valence-electron chi connectivity index (χ3n) is 4.37. The number of nitrogens with zero attached hydrogens (tertiary/aromatic N) is 1. The molecule has 2 fully saturated rings. The molecule has 0 spiro atoms. The summed E-state index contributed by atoms with van der Waals surface area (Å²) in [6.45, 7) is 3.87. The molecule has 2 aliphatic rings. The number of benzene rings is 1. The normalized spacial score (nSPS) is 20.9. The van der Waals surface area contributed by atoms with E-state index in [1.807, 2.05) is 6.07 Å². The van der Waals surface area contributed by atoms with Crippen LogP contribution in [0.3, 0.4) is 0 Å². The van der Waals surface area contributed by atoms with E-state index in [2.05, 4.69) is 16.3 Å². The number of hydrogen-bond donors (Lipinski definition) is 1. The Kier molecular flexibility index (Phi) is 4.69. The lowest BCUT2D eigenvalue weighted by atomic mass is 10.1. The Morgan fingerprint density at radius 3 is 2.55 bits per heavy atom. The van der Waals surface area contributed by atoms with Gasteiger partial charge in [0.15, 0.2) is 0 Å². The Morgan fingerprint density at radius 2 is 1.85 bits per heavy atom. The van der Waals surface area contributed by atoms with Crippen molar-refractivity contribution in [3.63, 3.8) is 0 Å². The fourth-order valence-electron chi connectivity index (χ4n) is 2.94. The van der Waals surface area contributed by atoms with Crippen LogP contribution in [-0.4, -0.2) is 24.0 Å². The van der Waals surface area contributed by atoms with E-state index in [-0.39, 0.29) is 5.82 Å².